The van der Waals surface area contributed by atoms with Gasteiger partial charge in [0.1, 0.15) is 12.5 Å². The highest BCUT2D eigenvalue weighted by Gasteiger charge is 2.17. The molecule has 0 saturated carbocycles. The molecule has 1 heterocycles. The maximum Gasteiger partial charge on any atom is 0.106 e. The molecule has 42 valence electrons. The molecule has 1 aliphatic heterocycles. The zero-order valence-corrected chi connectivity index (χ0v) is 3.96. The standard InChI is InChI=1S/C4H9NO2/c6-3-1-2-4(7)5-3/h3-7H,1-2H2. The van der Waals surface area contributed by atoms with Crippen molar-refractivity contribution in [3.8, 4) is 0 Å². The van der Waals surface area contributed by atoms with Crippen molar-refractivity contribution in [3.63, 3.8) is 0 Å². The van der Waals surface area contributed by atoms with Gasteiger partial charge in [0.15, 0.2) is 0 Å². The zero-order valence-electron chi connectivity index (χ0n) is 3.96. The van der Waals surface area contributed by atoms with Crippen molar-refractivity contribution < 1.29 is 10.2 Å². The first kappa shape index (κ1) is 5.03. The van der Waals surface area contributed by atoms with Crippen molar-refractivity contribution in [2.24, 2.45) is 0 Å². The Bertz CT molecular complexity index is 58.7. The average Bonchev–Trinajstić information content (AvgIpc) is 1.87. The second-order valence-electron chi connectivity index (χ2n) is 1.78. The Balaban J connectivity index is 2.26. The second-order valence-corrected chi connectivity index (χ2v) is 1.78. The first-order valence-corrected chi connectivity index (χ1v) is 2.41. The molecule has 1 rings (SSSR count). The molecule has 1 fully saturated rings. The van der Waals surface area contributed by atoms with Gasteiger partial charge in [-0.2, -0.15) is 0 Å². The summed E-state index contributed by atoms with van der Waals surface area (Å²) in [7, 11) is 0. The Hall–Kier alpha value is -0.120. The largest absolute Gasteiger partial charge is 0.379 e. The highest BCUT2D eigenvalue weighted by molar-refractivity contribution is 4.66. The van der Waals surface area contributed by atoms with Gasteiger partial charge in [0.05, 0.1) is 0 Å². The minimum atomic E-state index is -0.477. The van der Waals surface area contributed by atoms with Crippen LogP contribution in [-0.2, 0) is 0 Å². The zero-order chi connectivity index (χ0) is 5.28. The van der Waals surface area contributed by atoms with Gasteiger partial charge in [0.2, 0.25) is 0 Å². The van der Waals surface area contributed by atoms with Gasteiger partial charge in [0, 0.05) is 0 Å². The summed E-state index contributed by atoms with van der Waals surface area (Å²) >= 11 is 0. The van der Waals surface area contributed by atoms with Crippen LogP contribution in [0.4, 0.5) is 0 Å². The first-order valence-electron chi connectivity index (χ1n) is 2.41. The Morgan fingerprint density at radius 2 is 1.57 bits per heavy atom. The Morgan fingerprint density at radius 1 is 1.14 bits per heavy atom. The normalized spacial score (nSPS) is 42.0. The molecule has 0 bridgehead atoms. The minimum absolute atomic E-state index is 0.477. The molecule has 0 aliphatic carbocycles. The van der Waals surface area contributed by atoms with Crippen LogP contribution in [0.2, 0.25) is 0 Å². The third kappa shape index (κ3) is 1.12. The van der Waals surface area contributed by atoms with Gasteiger partial charge < -0.3 is 10.2 Å². The Morgan fingerprint density at radius 3 is 1.71 bits per heavy atom. The maximum atomic E-state index is 8.63. The summed E-state index contributed by atoms with van der Waals surface area (Å²) in [5.74, 6) is 0. The average molecular weight is 103 g/mol. The molecule has 0 aromatic rings. The molecule has 0 radical (unpaired) electrons. The van der Waals surface area contributed by atoms with E-state index in [2.05, 4.69) is 5.32 Å². The van der Waals surface area contributed by atoms with E-state index in [9.17, 15) is 0 Å². The third-order valence-corrected chi connectivity index (χ3v) is 1.10. The molecule has 0 aromatic heterocycles. The molecule has 1 saturated heterocycles. The predicted octanol–water partition coefficient (Wildman–Crippen LogP) is -0.993. The summed E-state index contributed by atoms with van der Waals surface area (Å²) in [6.45, 7) is 0. The molecule has 0 amide bonds. The van der Waals surface area contributed by atoms with Gasteiger partial charge in [-0.15, -0.1) is 0 Å². The van der Waals surface area contributed by atoms with Gasteiger partial charge in [0.25, 0.3) is 0 Å². The van der Waals surface area contributed by atoms with Crippen LogP contribution >= 0.6 is 0 Å². The van der Waals surface area contributed by atoms with Gasteiger partial charge >= 0.3 is 0 Å². The van der Waals surface area contributed by atoms with E-state index in [1.165, 1.54) is 0 Å². The fraction of sp³-hybridized carbons (Fsp3) is 1.00. The summed E-state index contributed by atoms with van der Waals surface area (Å²) < 4.78 is 0. The van der Waals surface area contributed by atoms with Crippen LogP contribution < -0.4 is 5.32 Å². The molecule has 2 atom stereocenters. The summed E-state index contributed by atoms with van der Waals surface area (Å²) in [4.78, 5) is 0. The highest BCUT2D eigenvalue weighted by atomic mass is 16.3. The maximum absolute atomic E-state index is 8.63. The van der Waals surface area contributed by atoms with E-state index in [0.29, 0.717) is 12.8 Å². The van der Waals surface area contributed by atoms with Crippen LogP contribution in [0.15, 0.2) is 0 Å². The van der Waals surface area contributed by atoms with Crippen LogP contribution in [0.25, 0.3) is 0 Å². The molecule has 0 aromatic carbocycles. The summed E-state index contributed by atoms with van der Waals surface area (Å²) in [6.07, 6.45) is 0.382. The first-order chi connectivity index (χ1) is 3.29. The number of nitrogens with one attached hydrogen (secondary N) is 1. The molecule has 3 nitrogen and oxygen atoms in total. The fourth-order valence-corrected chi connectivity index (χ4v) is 0.704. The van der Waals surface area contributed by atoms with E-state index >= 15 is 0 Å². The molecule has 0 spiro atoms. The molecular weight excluding hydrogens is 94.0 g/mol. The van der Waals surface area contributed by atoms with Crippen LogP contribution in [0.3, 0.4) is 0 Å². The Labute approximate surface area is 42.0 Å². The van der Waals surface area contributed by atoms with E-state index in [0.717, 1.165) is 0 Å². The molecule has 7 heavy (non-hydrogen) atoms. The van der Waals surface area contributed by atoms with E-state index in [-0.39, 0.29) is 0 Å². The quantitative estimate of drug-likeness (QED) is 0.369. The van der Waals surface area contributed by atoms with Crippen LogP contribution in [0, 0.1) is 0 Å². The van der Waals surface area contributed by atoms with Crippen molar-refractivity contribution in [2.45, 2.75) is 25.3 Å². The molecular formula is C4H9NO2. The van der Waals surface area contributed by atoms with Gasteiger partial charge in [-0.05, 0) is 12.8 Å². The lowest BCUT2D eigenvalue weighted by Gasteiger charge is -2.00. The van der Waals surface area contributed by atoms with E-state index in [4.69, 9.17) is 10.2 Å². The smallest absolute Gasteiger partial charge is 0.106 e. The van der Waals surface area contributed by atoms with E-state index in [1.54, 1.807) is 0 Å². The third-order valence-electron chi connectivity index (χ3n) is 1.10. The van der Waals surface area contributed by atoms with Crippen molar-refractivity contribution in [1.29, 1.82) is 0 Å². The van der Waals surface area contributed by atoms with Gasteiger partial charge in [-0.25, -0.2) is 0 Å². The van der Waals surface area contributed by atoms with E-state index in [1.807, 2.05) is 0 Å². The lowest BCUT2D eigenvalue weighted by molar-refractivity contribution is 0.0986. The predicted molar refractivity (Wildman–Crippen MR) is 24.4 cm³/mol. The van der Waals surface area contributed by atoms with Crippen molar-refractivity contribution in [3.05, 3.63) is 0 Å². The number of rotatable bonds is 0. The van der Waals surface area contributed by atoms with Crippen LogP contribution in [0.5, 0.6) is 0 Å². The van der Waals surface area contributed by atoms with Crippen molar-refractivity contribution in [1.82, 2.24) is 5.32 Å². The lowest BCUT2D eigenvalue weighted by atomic mass is 10.3. The summed E-state index contributed by atoms with van der Waals surface area (Å²) in [6, 6.07) is 0. The second kappa shape index (κ2) is 1.78. The SMILES string of the molecule is OC1CCC(O)N1. The molecule has 2 unspecified atom stereocenters. The number of hydrogen-bond acceptors (Lipinski definition) is 3. The number of aliphatic hydroxyl groups excluding tert-OH is 2. The van der Waals surface area contributed by atoms with Crippen molar-refractivity contribution >= 4 is 0 Å². The van der Waals surface area contributed by atoms with Crippen LogP contribution in [0.1, 0.15) is 12.8 Å². The summed E-state index contributed by atoms with van der Waals surface area (Å²) in [5, 5.41) is 19.8. The molecule has 1 aliphatic rings. The van der Waals surface area contributed by atoms with Gasteiger partial charge in [-0.3, -0.25) is 5.32 Å². The molecule has 3 N–H and O–H groups in total. The van der Waals surface area contributed by atoms with Crippen LogP contribution in [-0.4, -0.2) is 22.7 Å². The monoisotopic (exact) mass is 103 g/mol. The van der Waals surface area contributed by atoms with Crippen molar-refractivity contribution in [2.75, 3.05) is 0 Å². The lowest BCUT2D eigenvalue weighted by Crippen LogP contribution is -2.28. The van der Waals surface area contributed by atoms with Gasteiger partial charge in [-0.1, -0.05) is 0 Å². The summed E-state index contributed by atoms with van der Waals surface area (Å²) in [5.41, 5.74) is 0. The fourth-order valence-electron chi connectivity index (χ4n) is 0.704. The number of hydrogen-bond donors (Lipinski definition) is 3. The number of aliphatic hydroxyl groups is 2. The highest BCUT2D eigenvalue weighted by Crippen LogP contribution is 2.05. The molecule has 3 heteroatoms. The minimum Gasteiger partial charge on any atom is -0.379 e. The Kier molecular flexibility index (Phi) is 1.27. The topological polar surface area (TPSA) is 52.5 Å². The van der Waals surface area contributed by atoms with E-state index < -0.39 is 12.5 Å².